The summed E-state index contributed by atoms with van der Waals surface area (Å²) in [7, 11) is 0. The number of nitrogens with one attached hydrogen (secondary N) is 1. The molecule has 2 heterocycles. The van der Waals surface area contributed by atoms with Crippen LogP contribution >= 0.6 is 23.1 Å². The summed E-state index contributed by atoms with van der Waals surface area (Å²) in [6.45, 7) is 13.7. The van der Waals surface area contributed by atoms with Gasteiger partial charge in [0.1, 0.15) is 0 Å². The Kier molecular flexibility index (Phi) is 5.75. The molecular weight excluding hydrogens is 272 g/mol. The van der Waals surface area contributed by atoms with Gasteiger partial charge in [0, 0.05) is 52.5 Å². The van der Waals surface area contributed by atoms with Crippen molar-refractivity contribution < 1.29 is 0 Å². The van der Waals surface area contributed by atoms with Crippen LogP contribution in [0.15, 0.2) is 12.1 Å². The SMILES string of the molecule is CC(C)NCc1ccc(CN2CC(C)SC(C)C2)s1. The Morgan fingerprint density at radius 3 is 2.47 bits per heavy atom. The fourth-order valence-corrected chi connectivity index (χ4v) is 4.94. The fourth-order valence-electron chi connectivity index (χ4n) is 2.54. The van der Waals surface area contributed by atoms with E-state index in [0.29, 0.717) is 6.04 Å². The molecule has 1 aromatic heterocycles. The van der Waals surface area contributed by atoms with E-state index in [1.807, 2.05) is 11.3 Å². The molecule has 0 saturated carbocycles. The molecule has 0 radical (unpaired) electrons. The number of nitrogens with zero attached hydrogens (tertiary/aromatic N) is 1. The zero-order valence-electron chi connectivity index (χ0n) is 12.5. The number of thioether (sulfide) groups is 1. The predicted octanol–water partition coefficient (Wildman–Crippen LogP) is 3.57. The molecule has 0 aliphatic carbocycles. The highest BCUT2D eigenvalue weighted by Gasteiger charge is 2.22. The first kappa shape index (κ1) is 15.4. The Morgan fingerprint density at radius 2 is 1.84 bits per heavy atom. The predicted molar refractivity (Wildman–Crippen MR) is 88.1 cm³/mol. The summed E-state index contributed by atoms with van der Waals surface area (Å²) >= 11 is 4.08. The third-order valence-corrected chi connectivity index (χ3v) is 5.57. The third-order valence-electron chi connectivity index (χ3n) is 3.28. The van der Waals surface area contributed by atoms with Crippen LogP contribution < -0.4 is 5.32 Å². The zero-order valence-corrected chi connectivity index (χ0v) is 14.1. The lowest BCUT2D eigenvalue weighted by atomic mass is 10.3. The topological polar surface area (TPSA) is 15.3 Å². The summed E-state index contributed by atoms with van der Waals surface area (Å²) < 4.78 is 0. The molecule has 1 aliphatic rings. The van der Waals surface area contributed by atoms with E-state index in [1.165, 1.54) is 22.8 Å². The second-order valence-electron chi connectivity index (χ2n) is 5.86. The molecule has 2 nitrogen and oxygen atoms in total. The lowest BCUT2D eigenvalue weighted by Gasteiger charge is -2.34. The Balaban J connectivity index is 1.85. The van der Waals surface area contributed by atoms with Crippen LogP contribution in [0, 0.1) is 0 Å². The lowest BCUT2D eigenvalue weighted by Crippen LogP contribution is -2.39. The van der Waals surface area contributed by atoms with E-state index in [-0.39, 0.29) is 0 Å². The Labute approximate surface area is 126 Å². The minimum absolute atomic E-state index is 0.561. The average molecular weight is 299 g/mol. The first-order chi connectivity index (χ1) is 9.02. The van der Waals surface area contributed by atoms with Gasteiger partial charge in [-0.15, -0.1) is 11.3 Å². The largest absolute Gasteiger partial charge is 0.310 e. The number of rotatable bonds is 5. The van der Waals surface area contributed by atoms with Crippen LogP contribution in [0.1, 0.15) is 37.4 Å². The number of thiophene rings is 1. The van der Waals surface area contributed by atoms with Gasteiger partial charge in [-0.2, -0.15) is 11.8 Å². The highest BCUT2D eigenvalue weighted by atomic mass is 32.2. The van der Waals surface area contributed by atoms with Crippen LogP contribution in [0.2, 0.25) is 0 Å². The van der Waals surface area contributed by atoms with Crippen molar-refractivity contribution in [2.45, 2.75) is 57.3 Å². The monoisotopic (exact) mass is 298 g/mol. The molecule has 2 unspecified atom stereocenters. The second-order valence-corrected chi connectivity index (χ2v) is 8.99. The van der Waals surface area contributed by atoms with Crippen molar-refractivity contribution in [2.75, 3.05) is 13.1 Å². The molecule has 0 bridgehead atoms. The minimum atomic E-state index is 0.561. The standard InChI is InChI=1S/C15H26N2S2/c1-11(2)16-7-14-5-6-15(19-14)10-17-8-12(3)18-13(4)9-17/h5-6,11-13,16H,7-10H2,1-4H3. The van der Waals surface area contributed by atoms with Gasteiger partial charge in [0.25, 0.3) is 0 Å². The van der Waals surface area contributed by atoms with Gasteiger partial charge in [-0.25, -0.2) is 0 Å². The van der Waals surface area contributed by atoms with E-state index in [2.05, 4.69) is 61.8 Å². The molecule has 1 fully saturated rings. The molecule has 1 N–H and O–H groups in total. The van der Waals surface area contributed by atoms with Gasteiger partial charge in [0.15, 0.2) is 0 Å². The quantitative estimate of drug-likeness (QED) is 0.894. The molecule has 1 aromatic rings. The van der Waals surface area contributed by atoms with Crippen LogP contribution in [0.5, 0.6) is 0 Å². The van der Waals surface area contributed by atoms with Gasteiger partial charge in [0.2, 0.25) is 0 Å². The summed E-state index contributed by atoms with van der Waals surface area (Å²) in [4.78, 5) is 5.57. The third kappa shape index (κ3) is 5.10. The smallest absolute Gasteiger partial charge is 0.0328 e. The van der Waals surface area contributed by atoms with Gasteiger partial charge < -0.3 is 5.32 Å². The van der Waals surface area contributed by atoms with E-state index < -0.39 is 0 Å². The van der Waals surface area contributed by atoms with Gasteiger partial charge >= 0.3 is 0 Å². The number of hydrogen-bond acceptors (Lipinski definition) is 4. The molecule has 0 aromatic carbocycles. The van der Waals surface area contributed by atoms with E-state index in [1.54, 1.807) is 0 Å². The van der Waals surface area contributed by atoms with E-state index in [4.69, 9.17) is 0 Å². The molecule has 2 atom stereocenters. The fraction of sp³-hybridized carbons (Fsp3) is 0.733. The Morgan fingerprint density at radius 1 is 1.21 bits per heavy atom. The summed E-state index contributed by atoms with van der Waals surface area (Å²) in [5, 5.41) is 5.02. The maximum Gasteiger partial charge on any atom is 0.0328 e. The van der Waals surface area contributed by atoms with Crippen molar-refractivity contribution in [3.8, 4) is 0 Å². The molecule has 4 heteroatoms. The van der Waals surface area contributed by atoms with Crippen molar-refractivity contribution in [2.24, 2.45) is 0 Å². The Hall–Kier alpha value is -0.0300. The summed E-state index contributed by atoms with van der Waals surface area (Å²) in [5.74, 6) is 0. The Bertz CT molecular complexity index is 379. The van der Waals surface area contributed by atoms with Crippen molar-refractivity contribution in [1.82, 2.24) is 10.2 Å². The van der Waals surface area contributed by atoms with E-state index >= 15 is 0 Å². The van der Waals surface area contributed by atoms with Crippen molar-refractivity contribution in [3.05, 3.63) is 21.9 Å². The maximum atomic E-state index is 3.49. The summed E-state index contributed by atoms with van der Waals surface area (Å²) in [6.07, 6.45) is 0. The van der Waals surface area contributed by atoms with E-state index in [9.17, 15) is 0 Å². The highest BCUT2D eigenvalue weighted by Crippen LogP contribution is 2.27. The van der Waals surface area contributed by atoms with Crippen molar-refractivity contribution >= 4 is 23.1 Å². The minimum Gasteiger partial charge on any atom is -0.310 e. The summed E-state index contributed by atoms with van der Waals surface area (Å²) in [6, 6.07) is 5.14. The summed E-state index contributed by atoms with van der Waals surface area (Å²) in [5.41, 5.74) is 0. The molecule has 19 heavy (non-hydrogen) atoms. The van der Waals surface area contributed by atoms with E-state index in [0.717, 1.165) is 23.6 Å². The van der Waals surface area contributed by atoms with Gasteiger partial charge in [0.05, 0.1) is 0 Å². The second kappa shape index (κ2) is 7.11. The van der Waals surface area contributed by atoms with Gasteiger partial charge in [-0.05, 0) is 12.1 Å². The molecule has 0 amide bonds. The number of hydrogen-bond donors (Lipinski definition) is 1. The molecule has 1 saturated heterocycles. The van der Waals surface area contributed by atoms with Crippen LogP contribution in [-0.2, 0) is 13.1 Å². The van der Waals surface area contributed by atoms with Crippen LogP contribution in [0.3, 0.4) is 0 Å². The highest BCUT2D eigenvalue weighted by molar-refractivity contribution is 8.00. The molecule has 2 rings (SSSR count). The van der Waals surface area contributed by atoms with Crippen LogP contribution in [0.4, 0.5) is 0 Å². The zero-order chi connectivity index (χ0) is 13.8. The van der Waals surface area contributed by atoms with Crippen LogP contribution in [-0.4, -0.2) is 34.5 Å². The van der Waals surface area contributed by atoms with Crippen molar-refractivity contribution in [3.63, 3.8) is 0 Å². The first-order valence-electron chi connectivity index (χ1n) is 7.21. The lowest BCUT2D eigenvalue weighted by molar-refractivity contribution is 0.265. The molecule has 0 spiro atoms. The normalized spacial score (nSPS) is 25.1. The van der Waals surface area contributed by atoms with Gasteiger partial charge in [-0.3, -0.25) is 4.90 Å². The van der Waals surface area contributed by atoms with Gasteiger partial charge in [-0.1, -0.05) is 27.7 Å². The van der Waals surface area contributed by atoms with Crippen molar-refractivity contribution in [1.29, 1.82) is 0 Å². The molecule has 108 valence electrons. The molecular formula is C15H26N2S2. The molecule has 1 aliphatic heterocycles. The average Bonchev–Trinajstić information content (AvgIpc) is 2.72. The van der Waals surface area contributed by atoms with Crippen LogP contribution in [0.25, 0.3) is 0 Å². The first-order valence-corrected chi connectivity index (χ1v) is 8.97. The maximum absolute atomic E-state index is 3.49.